The van der Waals surface area contributed by atoms with Crippen molar-refractivity contribution < 1.29 is 0 Å². The molecule has 2 rings (SSSR count). The molecule has 0 saturated heterocycles. The van der Waals surface area contributed by atoms with Gasteiger partial charge in [-0.15, -0.1) is 0 Å². The molecule has 2 heteroatoms. The first kappa shape index (κ1) is 13.4. The molecule has 1 nitrogen and oxygen atoms in total. The number of fused-ring (bicyclic) bond motifs is 1. The van der Waals surface area contributed by atoms with E-state index >= 15 is 0 Å². The molecular weight excluding hydrogens is 242 g/mol. The average Bonchev–Trinajstić information content (AvgIpc) is 2.28. The number of aromatic nitrogens is 1. The molecule has 0 aliphatic heterocycles. The monoisotopic (exact) mass is 261 g/mol. The van der Waals surface area contributed by atoms with Crippen molar-refractivity contribution in [2.45, 2.75) is 40.0 Å². The maximum atomic E-state index is 6.18. The molecule has 1 aromatic heterocycles. The quantitative estimate of drug-likeness (QED) is 0.691. The van der Waals surface area contributed by atoms with Crippen LogP contribution in [0.4, 0.5) is 0 Å². The highest BCUT2D eigenvalue weighted by atomic mass is 35.5. The van der Waals surface area contributed by atoms with Gasteiger partial charge in [-0.1, -0.05) is 57.5 Å². The lowest BCUT2D eigenvalue weighted by molar-refractivity contribution is 0.648. The second-order valence-electron chi connectivity index (χ2n) is 5.64. The lowest BCUT2D eigenvalue weighted by Gasteiger charge is -2.13. The number of benzene rings is 1. The van der Waals surface area contributed by atoms with Crippen molar-refractivity contribution in [1.29, 1.82) is 0 Å². The molecule has 0 fully saturated rings. The number of halogens is 1. The van der Waals surface area contributed by atoms with Crippen LogP contribution in [0.5, 0.6) is 0 Å². The van der Waals surface area contributed by atoms with E-state index in [0.717, 1.165) is 11.8 Å². The molecule has 0 unspecified atom stereocenters. The third-order valence-corrected chi connectivity index (χ3v) is 3.50. The maximum Gasteiger partial charge on any atom is 0.136 e. The lowest BCUT2D eigenvalue weighted by Crippen LogP contribution is -1.97. The summed E-state index contributed by atoms with van der Waals surface area (Å²) in [6, 6.07) is 6.55. The number of hydrogen-bond acceptors (Lipinski definition) is 1. The summed E-state index contributed by atoms with van der Waals surface area (Å²) in [5.41, 5.74) is 2.65. The first-order valence-corrected chi connectivity index (χ1v) is 6.94. The zero-order valence-corrected chi connectivity index (χ0v) is 12.3. The van der Waals surface area contributed by atoms with E-state index < -0.39 is 0 Å². The Morgan fingerprint density at radius 1 is 1.11 bits per heavy atom. The van der Waals surface area contributed by atoms with Crippen molar-refractivity contribution in [2.75, 3.05) is 0 Å². The summed E-state index contributed by atoms with van der Waals surface area (Å²) < 4.78 is 0. The number of pyridine rings is 1. The van der Waals surface area contributed by atoms with Gasteiger partial charge in [-0.2, -0.15) is 0 Å². The normalized spacial score (nSPS) is 11.7. The van der Waals surface area contributed by atoms with Crippen molar-refractivity contribution in [3.8, 4) is 0 Å². The van der Waals surface area contributed by atoms with Crippen molar-refractivity contribution in [3.05, 3.63) is 40.7 Å². The fraction of sp³-hybridized carbons (Fsp3) is 0.438. The van der Waals surface area contributed by atoms with E-state index in [0.29, 0.717) is 17.0 Å². The maximum absolute atomic E-state index is 6.18. The van der Waals surface area contributed by atoms with Crippen LogP contribution >= 0.6 is 11.6 Å². The summed E-state index contributed by atoms with van der Waals surface area (Å²) in [7, 11) is 0. The highest BCUT2D eigenvalue weighted by Crippen LogP contribution is 2.30. The number of nitrogens with zero attached hydrogens (tertiary/aromatic N) is 1. The van der Waals surface area contributed by atoms with E-state index in [9.17, 15) is 0 Å². The van der Waals surface area contributed by atoms with Gasteiger partial charge < -0.3 is 0 Å². The highest BCUT2D eigenvalue weighted by molar-refractivity contribution is 6.34. The fourth-order valence-electron chi connectivity index (χ4n) is 2.33. The van der Waals surface area contributed by atoms with Gasteiger partial charge in [-0.3, -0.25) is 0 Å². The Morgan fingerprint density at radius 3 is 2.44 bits per heavy atom. The molecule has 0 spiro atoms. The molecule has 0 saturated carbocycles. The van der Waals surface area contributed by atoms with Gasteiger partial charge in [-0.25, -0.2) is 4.98 Å². The van der Waals surface area contributed by atoms with Gasteiger partial charge in [0.15, 0.2) is 0 Å². The molecular formula is C16H20ClN. The molecule has 0 N–H and O–H groups in total. The van der Waals surface area contributed by atoms with Crippen LogP contribution < -0.4 is 0 Å². The summed E-state index contributed by atoms with van der Waals surface area (Å²) in [6.45, 7) is 8.87. The van der Waals surface area contributed by atoms with Crippen molar-refractivity contribution >= 4 is 22.4 Å². The molecule has 18 heavy (non-hydrogen) atoms. The Hall–Kier alpha value is -1.08. The predicted molar refractivity (Wildman–Crippen MR) is 79.4 cm³/mol. The Kier molecular flexibility index (Phi) is 3.91. The van der Waals surface area contributed by atoms with Gasteiger partial charge in [-0.05, 0) is 34.8 Å². The Bertz CT molecular complexity index is 558. The van der Waals surface area contributed by atoms with Crippen LogP contribution in [0.3, 0.4) is 0 Å². The summed E-state index contributed by atoms with van der Waals surface area (Å²) in [5.74, 6) is 1.13. The van der Waals surface area contributed by atoms with E-state index in [1.165, 1.54) is 16.5 Å². The van der Waals surface area contributed by atoms with E-state index in [2.05, 4.69) is 50.9 Å². The van der Waals surface area contributed by atoms with Gasteiger partial charge in [0.25, 0.3) is 0 Å². The topological polar surface area (TPSA) is 12.9 Å². The van der Waals surface area contributed by atoms with Crippen LogP contribution in [0.15, 0.2) is 24.4 Å². The standard InChI is InChI=1S/C16H20ClN/c1-10(2)7-12-5-6-13-14(8-12)15(11(3)4)9-18-16(13)17/h5-6,8-11H,7H2,1-4H3. The van der Waals surface area contributed by atoms with Crippen LogP contribution in [0.25, 0.3) is 10.8 Å². The van der Waals surface area contributed by atoms with Gasteiger partial charge in [0, 0.05) is 11.6 Å². The summed E-state index contributed by atoms with van der Waals surface area (Å²) in [4.78, 5) is 4.28. The van der Waals surface area contributed by atoms with Crippen LogP contribution in [-0.4, -0.2) is 4.98 Å². The van der Waals surface area contributed by atoms with E-state index in [1.54, 1.807) is 0 Å². The minimum atomic E-state index is 0.464. The first-order valence-electron chi connectivity index (χ1n) is 6.56. The molecule has 0 atom stereocenters. The largest absolute Gasteiger partial charge is 0.244 e. The van der Waals surface area contributed by atoms with Crippen LogP contribution in [0, 0.1) is 5.92 Å². The van der Waals surface area contributed by atoms with Crippen molar-refractivity contribution in [1.82, 2.24) is 4.98 Å². The van der Waals surface area contributed by atoms with Gasteiger partial charge in [0.1, 0.15) is 5.15 Å². The zero-order chi connectivity index (χ0) is 13.3. The highest BCUT2D eigenvalue weighted by Gasteiger charge is 2.10. The SMILES string of the molecule is CC(C)Cc1ccc2c(Cl)ncc(C(C)C)c2c1. The molecule has 1 heterocycles. The van der Waals surface area contributed by atoms with Gasteiger partial charge in [0.2, 0.25) is 0 Å². The Balaban J connectivity index is 2.61. The van der Waals surface area contributed by atoms with Crippen molar-refractivity contribution in [2.24, 2.45) is 5.92 Å². The third kappa shape index (κ3) is 2.67. The number of hydrogen-bond donors (Lipinski definition) is 0. The average molecular weight is 262 g/mol. The number of rotatable bonds is 3. The lowest BCUT2D eigenvalue weighted by atomic mass is 9.95. The molecule has 1 aromatic carbocycles. The van der Waals surface area contributed by atoms with E-state index in [1.807, 2.05) is 6.20 Å². The predicted octanol–water partition coefficient (Wildman–Crippen LogP) is 5.21. The fourth-order valence-corrected chi connectivity index (χ4v) is 2.55. The smallest absolute Gasteiger partial charge is 0.136 e. The first-order chi connectivity index (χ1) is 8.49. The third-order valence-electron chi connectivity index (χ3n) is 3.20. The second kappa shape index (κ2) is 5.27. The summed E-state index contributed by atoms with van der Waals surface area (Å²) in [6.07, 6.45) is 3.02. The molecule has 0 amide bonds. The van der Waals surface area contributed by atoms with Crippen LogP contribution in [-0.2, 0) is 6.42 Å². The van der Waals surface area contributed by atoms with E-state index in [4.69, 9.17) is 11.6 Å². The van der Waals surface area contributed by atoms with Crippen LogP contribution in [0.1, 0.15) is 44.7 Å². The molecule has 0 bridgehead atoms. The van der Waals surface area contributed by atoms with Gasteiger partial charge in [0.05, 0.1) is 0 Å². The molecule has 0 radical (unpaired) electrons. The summed E-state index contributed by atoms with van der Waals surface area (Å²) in [5, 5.41) is 2.92. The van der Waals surface area contributed by atoms with Gasteiger partial charge >= 0.3 is 0 Å². The van der Waals surface area contributed by atoms with Crippen LogP contribution in [0.2, 0.25) is 5.15 Å². The van der Waals surface area contributed by atoms with E-state index in [-0.39, 0.29) is 0 Å². The minimum absolute atomic E-state index is 0.464. The van der Waals surface area contributed by atoms with Crippen molar-refractivity contribution in [3.63, 3.8) is 0 Å². The summed E-state index contributed by atoms with van der Waals surface area (Å²) >= 11 is 6.18. The Morgan fingerprint density at radius 2 is 1.83 bits per heavy atom. The minimum Gasteiger partial charge on any atom is -0.244 e. The molecule has 0 aliphatic carbocycles. The zero-order valence-electron chi connectivity index (χ0n) is 11.5. The Labute approximate surface area is 114 Å². The molecule has 96 valence electrons. The second-order valence-corrected chi connectivity index (χ2v) is 5.99. The molecule has 2 aromatic rings. The molecule has 0 aliphatic rings.